The van der Waals surface area contributed by atoms with Crippen LogP contribution < -0.4 is 5.32 Å². The van der Waals surface area contributed by atoms with Gasteiger partial charge in [0.05, 0.1) is 23.3 Å². The van der Waals surface area contributed by atoms with Crippen LogP contribution in [-0.4, -0.2) is 26.2 Å². The Balaban J connectivity index is 2.10. The zero-order valence-corrected chi connectivity index (χ0v) is 10.0. The molecule has 18 heavy (non-hydrogen) atoms. The smallest absolute Gasteiger partial charge is 0.178 e. The van der Waals surface area contributed by atoms with Crippen LogP contribution in [0.4, 0.5) is 10.2 Å². The number of nitrogens with zero attached hydrogens (tertiary/aromatic N) is 4. The molecule has 0 aliphatic heterocycles. The fourth-order valence-electron chi connectivity index (χ4n) is 1.32. The van der Waals surface area contributed by atoms with E-state index in [1.807, 2.05) is 6.07 Å². The molecule has 0 fully saturated rings. The third-order valence-corrected chi connectivity index (χ3v) is 2.88. The minimum Gasteiger partial charge on any atom is -0.364 e. The number of H-pyrrole nitrogens is 1. The highest BCUT2D eigenvalue weighted by Gasteiger charge is 2.13. The van der Waals surface area contributed by atoms with Crippen LogP contribution in [0.25, 0.3) is 0 Å². The summed E-state index contributed by atoms with van der Waals surface area (Å²) in [6.07, 6.45) is 4.79. The van der Waals surface area contributed by atoms with Gasteiger partial charge in [0.1, 0.15) is 17.9 Å². The van der Waals surface area contributed by atoms with Gasteiger partial charge in [0.25, 0.3) is 0 Å². The summed E-state index contributed by atoms with van der Waals surface area (Å²) in [5.41, 5.74) is 0.918. The van der Waals surface area contributed by atoms with Gasteiger partial charge in [-0.05, 0) is 0 Å². The Morgan fingerprint density at radius 2 is 2.39 bits per heavy atom. The lowest BCUT2D eigenvalue weighted by atomic mass is 10.4. The molecule has 2 rings (SSSR count). The second kappa shape index (κ2) is 5.97. The van der Waals surface area contributed by atoms with Gasteiger partial charge in [-0.1, -0.05) is 11.8 Å². The molecule has 0 saturated carbocycles. The van der Waals surface area contributed by atoms with E-state index in [1.165, 1.54) is 0 Å². The molecule has 2 aromatic rings. The summed E-state index contributed by atoms with van der Waals surface area (Å²) in [7, 11) is 0. The number of hydrogen-bond donors (Lipinski definition) is 2. The second-order valence-electron chi connectivity index (χ2n) is 3.19. The molecule has 0 aromatic carbocycles. The van der Waals surface area contributed by atoms with Gasteiger partial charge in [0, 0.05) is 12.4 Å². The number of thioether (sulfide) groups is 1. The van der Waals surface area contributed by atoms with Crippen molar-refractivity contribution in [2.24, 2.45) is 0 Å². The van der Waals surface area contributed by atoms with Crippen LogP contribution in [0, 0.1) is 11.3 Å². The van der Waals surface area contributed by atoms with Crippen LogP contribution in [0.15, 0.2) is 23.5 Å². The molecule has 0 aliphatic carbocycles. The third kappa shape index (κ3) is 2.75. The van der Waals surface area contributed by atoms with Gasteiger partial charge in [-0.3, -0.25) is 15.1 Å². The fourth-order valence-corrected chi connectivity index (χ4v) is 1.92. The molecule has 6 nitrogen and oxygen atoms in total. The minimum absolute atomic E-state index is 0.180. The Kier molecular flexibility index (Phi) is 4.09. The lowest BCUT2D eigenvalue weighted by Gasteiger charge is -2.04. The standard InChI is InChI=1S/C10H9FN6S/c11-6-18-9-8(3-12)16-17-10(9)15-5-7-4-13-1-2-14-7/h1-2,4H,5-6H2,(H2,15,16,17). The molecule has 0 amide bonds. The Bertz CT molecular complexity index is 549. The second-order valence-corrected chi connectivity index (χ2v) is 4.11. The molecule has 0 saturated heterocycles. The average molecular weight is 264 g/mol. The first-order valence-electron chi connectivity index (χ1n) is 5.01. The number of rotatable bonds is 5. The van der Waals surface area contributed by atoms with Gasteiger partial charge in [-0.25, -0.2) is 4.39 Å². The van der Waals surface area contributed by atoms with E-state index >= 15 is 0 Å². The number of alkyl halides is 1. The topological polar surface area (TPSA) is 90.3 Å². The van der Waals surface area contributed by atoms with Crippen molar-refractivity contribution in [2.45, 2.75) is 11.4 Å². The first-order valence-corrected chi connectivity index (χ1v) is 5.99. The van der Waals surface area contributed by atoms with E-state index in [9.17, 15) is 4.39 Å². The van der Waals surface area contributed by atoms with E-state index in [0.29, 0.717) is 17.3 Å². The van der Waals surface area contributed by atoms with Crippen molar-refractivity contribution < 1.29 is 4.39 Å². The summed E-state index contributed by atoms with van der Waals surface area (Å²) in [6, 6.07) is 1.28. The van der Waals surface area contributed by atoms with Crippen LogP contribution in [0.3, 0.4) is 0 Å². The Morgan fingerprint density at radius 3 is 3.06 bits per heavy atom. The molecule has 0 atom stereocenters. The number of anilines is 1. The Labute approximate surface area is 107 Å². The SMILES string of the molecule is N#Cc1n[nH]c(NCc2cnccn2)c1SCF. The van der Waals surface area contributed by atoms with Crippen molar-refractivity contribution in [3.05, 3.63) is 30.0 Å². The number of aromatic nitrogens is 4. The summed E-state index contributed by atoms with van der Waals surface area (Å²) in [5.74, 6) is 0.514. The van der Waals surface area contributed by atoms with Crippen molar-refractivity contribution in [1.29, 1.82) is 5.26 Å². The van der Waals surface area contributed by atoms with Gasteiger partial charge < -0.3 is 5.32 Å². The Hall–Kier alpha value is -2.14. The van der Waals surface area contributed by atoms with Gasteiger partial charge in [-0.2, -0.15) is 10.4 Å². The molecule has 0 spiro atoms. The normalized spacial score (nSPS) is 10.0. The lowest BCUT2D eigenvalue weighted by Crippen LogP contribution is -2.03. The molecule has 0 aliphatic rings. The average Bonchev–Trinajstić information content (AvgIpc) is 2.80. The predicted octanol–water partition coefficient (Wildman–Crippen LogP) is 1.70. The number of nitriles is 1. The first-order chi connectivity index (χ1) is 8.85. The van der Waals surface area contributed by atoms with Crippen molar-refractivity contribution in [1.82, 2.24) is 20.2 Å². The maximum atomic E-state index is 12.4. The maximum absolute atomic E-state index is 12.4. The first kappa shape index (κ1) is 12.3. The van der Waals surface area contributed by atoms with Crippen molar-refractivity contribution >= 4 is 17.6 Å². The van der Waals surface area contributed by atoms with Crippen molar-refractivity contribution in [3.8, 4) is 6.07 Å². The number of aromatic amines is 1. The van der Waals surface area contributed by atoms with Crippen molar-refractivity contribution in [2.75, 3.05) is 11.3 Å². The van der Waals surface area contributed by atoms with Gasteiger partial charge in [-0.15, -0.1) is 0 Å². The molecule has 2 heterocycles. The van der Waals surface area contributed by atoms with Gasteiger partial charge >= 0.3 is 0 Å². The highest BCUT2D eigenvalue weighted by Crippen LogP contribution is 2.28. The van der Waals surface area contributed by atoms with E-state index in [0.717, 1.165) is 17.5 Å². The van der Waals surface area contributed by atoms with Crippen LogP contribution in [0.1, 0.15) is 11.4 Å². The van der Waals surface area contributed by atoms with Crippen LogP contribution in [0.2, 0.25) is 0 Å². The fraction of sp³-hybridized carbons (Fsp3) is 0.200. The summed E-state index contributed by atoms with van der Waals surface area (Å²) in [4.78, 5) is 8.50. The van der Waals surface area contributed by atoms with E-state index in [1.54, 1.807) is 18.6 Å². The van der Waals surface area contributed by atoms with Crippen LogP contribution in [-0.2, 0) is 6.54 Å². The van der Waals surface area contributed by atoms with Crippen molar-refractivity contribution in [3.63, 3.8) is 0 Å². The molecule has 2 aromatic heterocycles. The molecular weight excluding hydrogens is 255 g/mol. The number of halogens is 1. The van der Waals surface area contributed by atoms with Crippen LogP contribution >= 0.6 is 11.8 Å². The molecule has 0 bridgehead atoms. The lowest BCUT2D eigenvalue weighted by molar-refractivity contribution is 0.605. The predicted molar refractivity (Wildman–Crippen MR) is 64.5 cm³/mol. The molecular formula is C10H9FN6S. The zero-order valence-electron chi connectivity index (χ0n) is 9.22. The Morgan fingerprint density at radius 1 is 1.50 bits per heavy atom. The van der Waals surface area contributed by atoms with E-state index < -0.39 is 6.01 Å². The monoisotopic (exact) mass is 264 g/mol. The molecule has 2 N–H and O–H groups in total. The molecule has 0 unspecified atom stereocenters. The van der Waals surface area contributed by atoms with E-state index in [-0.39, 0.29) is 5.69 Å². The van der Waals surface area contributed by atoms with Gasteiger partial charge in [0.2, 0.25) is 0 Å². The molecule has 92 valence electrons. The summed E-state index contributed by atoms with van der Waals surface area (Å²) >= 11 is 0.913. The molecule has 8 heteroatoms. The zero-order chi connectivity index (χ0) is 12.8. The minimum atomic E-state index is -0.617. The summed E-state index contributed by atoms with van der Waals surface area (Å²) < 4.78 is 12.4. The van der Waals surface area contributed by atoms with E-state index in [4.69, 9.17) is 5.26 Å². The number of nitrogens with one attached hydrogen (secondary N) is 2. The van der Waals surface area contributed by atoms with E-state index in [2.05, 4.69) is 25.5 Å². The largest absolute Gasteiger partial charge is 0.364 e. The quantitative estimate of drug-likeness (QED) is 0.799. The summed E-state index contributed by atoms with van der Waals surface area (Å²) in [5, 5.41) is 18.3. The molecule has 0 radical (unpaired) electrons. The summed E-state index contributed by atoms with van der Waals surface area (Å²) in [6.45, 7) is 0.417. The highest BCUT2D eigenvalue weighted by atomic mass is 32.2. The number of hydrogen-bond acceptors (Lipinski definition) is 6. The maximum Gasteiger partial charge on any atom is 0.178 e. The van der Waals surface area contributed by atoms with Crippen LogP contribution in [0.5, 0.6) is 0 Å². The third-order valence-electron chi connectivity index (χ3n) is 2.09. The van der Waals surface area contributed by atoms with Gasteiger partial charge in [0.15, 0.2) is 5.69 Å². The highest BCUT2D eigenvalue weighted by molar-refractivity contribution is 7.99.